The predicted molar refractivity (Wildman–Crippen MR) is 105 cm³/mol. The molecule has 0 saturated heterocycles. The quantitative estimate of drug-likeness (QED) is 0.655. The molecule has 0 fully saturated rings. The van der Waals surface area contributed by atoms with Gasteiger partial charge in [0.15, 0.2) is 0 Å². The van der Waals surface area contributed by atoms with Gasteiger partial charge in [-0.1, -0.05) is 40.2 Å². The lowest BCUT2D eigenvalue weighted by molar-refractivity contribution is -0.121. The maximum atomic E-state index is 12.0. The van der Waals surface area contributed by atoms with Crippen molar-refractivity contribution in [3.8, 4) is 0 Å². The average molecular weight is 419 g/mol. The third kappa shape index (κ3) is 6.61. The van der Waals surface area contributed by atoms with Crippen molar-refractivity contribution in [2.45, 2.75) is 26.5 Å². The number of hydrogen-bond acceptors (Lipinski definition) is 3. The Morgan fingerprint density at radius 3 is 2.38 bits per heavy atom. The van der Waals surface area contributed by atoms with Gasteiger partial charge in [0.05, 0.1) is 6.61 Å². The van der Waals surface area contributed by atoms with E-state index in [0.717, 1.165) is 15.6 Å². The van der Waals surface area contributed by atoms with Crippen molar-refractivity contribution in [2.24, 2.45) is 0 Å². The zero-order valence-electron chi connectivity index (χ0n) is 14.8. The summed E-state index contributed by atoms with van der Waals surface area (Å²) >= 11 is 3.33. The van der Waals surface area contributed by atoms with Crippen LogP contribution in [-0.2, 0) is 22.7 Å². The lowest BCUT2D eigenvalue weighted by atomic mass is 10.1. The second-order valence-corrected chi connectivity index (χ2v) is 6.61. The predicted octanol–water partition coefficient (Wildman–Crippen LogP) is 3.42. The van der Waals surface area contributed by atoms with E-state index >= 15 is 0 Å². The van der Waals surface area contributed by atoms with Crippen LogP contribution in [0.1, 0.15) is 34.8 Å². The van der Waals surface area contributed by atoms with Crippen LogP contribution in [0.15, 0.2) is 53.0 Å². The highest BCUT2D eigenvalue weighted by Crippen LogP contribution is 2.11. The highest BCUT2D eigenvalue weighted by molar-refractivity contribution is 9.10. The molecule has 5 nitrogen and oxygen atoms in total. The first kappa shape index (κ1) is 20.1. The van der Waals surface area contributed by atoms with E-state index in [2.05, 4.69) is 26.6 Å². The summed E-state index contributed by atoms with van der Waals surface area (Å²) in [5.41, 5.74) is 2.67. The molecule has 6 heteroatoms. The smallest absolute Gasteiger partial charge is 0.251 e. The first-order chi connectivity index (χ1) is 12.6. The van der Waals surface area contributed by atoms with E-state index in [9.17, 15) is 9.59 Å². The number of rotatable bonds is 9. The van der Waals surface area contributed by atoms with Crippen LogP contribution in [0.3, 0.4) is 0 Å². The van der Waals surface area contributed by atoms with Gasteiger partial charge in [-0.2, -0.15) is 0 Å². The first-order valence-electron chi connectivity index (χ1n) is 8.55. The van der Waals surface area contributed by atoms with E-state index in [4.69, 9.17) is 4.74 Å². The van der Waals surface area contributed by atoms with Crippen LogP contribution in [0, 0.1) is 0 Å². The van der Waals surface area contributed by atoms with Crippen molar-refractivity contribution in [1.82, 2.24) is 10.6 Å². The maximum Gasteiger partial charge on any atom is 0.251 e. The number of nitrogens with one attached hydrogen (secondary N) is 2. The third-order valence-corrected chi connectivity index (χ3v) is 4.33. The fourth-order valence-electron chi connectivity index (χ4n) is 2.36. The van der Waals surface area contributed by atoms with Gasteiger partial charge >= 0.3 is 0 Å². The lowest BCUT2D eigenvalue weighted by Gasteiger charge is -2.11. The summed E-state index contributed by atoms with van der Waals surface area (Å²) in [5.74, 6) is -0.292. The Kier molecular flexibility index (Phi) is 8.31. The maximum absolute atomic E-state index is 12.0. The monoisotopic (exact) mass is 418 g/mol. The molecule has 0 atom stereocenters. The molecule has 0 spiro atoms. The van der Waals surface area contributed by atoms with Crippen LogP contribution < -0.4 is 10.6 Å². The SMILES string of the molecule is CCOCc1ccccc1CNC(=O)CCNC(=O)c1ccc(Br)cc1. The molecule has 0 aliphatic heterocycles. The molecule has 0 aliphatic carbocycles. The van der Waals surface area contributed by atoms with Gasteiger partial charge in [0.2, 0.25) is 5.91 Å². The Balaban J connectivity index is 1.74. The van der Waals surface area contributed by atoms with Crippen LogP contribution in [0.5, 0.6) is 0 Å². The van der Waals surface area contributed by atoms with Gasteiger partial charge in [-0.3, -0.25) is 9.59 Å². The molecule has 2 aromatic carbocycles. The highest BCUT2D eigenvalue weighted by atomic mass is 79.9. The number of hydrogen-bond donors (Lipinski definition) is 2. The van der Waals surface area contributed by atoms with E-state index in [1.807, 2.05) is 31.2 Å². The van der Waals surface area contributed by atoms with E-state index in [1.165, 1.54) is 0 Å². The van der Waals surface area contributed by atoms with E-state index in [0.29, 0.717) is 31.9 Å². The summed E-state index contributed by atoms with van der Waals surface area (Å²) in [4.78, 5) is 24.0. The van der Waals surface area contributed by atoms with Gasteiger partial charge < -0.3 is 15.4 Å². The molecule has 0 saturated carbocycles. The number of amides is 2. The molecule has 2 N–H and O–H groups in total. The van der Waals surface area contributed by atoms with E-state index in [1.54, 1.807) is 24.3 Å². The van der Waals surface area contributed by atoms with E-state index < -0.39 is 0 Å². The molecule has 2 amide bonds. The number of carbonyl (C=O) groups excluding carboxylic acids is 2. The molecule has 0 unspecified atom stereocenters. The molecule has 0 bridgehead atoms. The summed E-state index contributed by atoms with van der Waals surface area (Å²) in [6.45, 7) is 3.88. The standard InChI is InChI=1S/C20H23BrN2O3/c1-2-26-14-17-6-4-3-5-16(17)13-23-19(24)11-12-22-20(25)15-7-9-18(21)10-8-15/h3-10H,2,11-14H2,1H3,(H,22,25)(H,23,24). The van der Waals surface area contributed by atoms with Crippen molar-refractivity contribution in [1.29, 1.82) is 0 Å². The van der Waals surface area contributed by atoms with Crippen molar-refractivity contribution in [3.05, 3.63) is 69.7 Å². The van der Waals surface area contributed by atoms with Crippen LogP contribution in [0.2, 0.25) is 0 Å². The van der Waals surface area contributed by atoms with Crippen LogP contribution in [-0.4, -0.2) is 25.0 Å². The summed E-state index contributed by atoms with van der Waals surface area (Å²) in [6, 6.07) is 14.9. The van der Waals surface area contributed by atoms with Gasteiger partial charge in [-0.05, 0) is 42.3 Å². The minimum absolute atomic E-state index is 0.104. The number of benzene rings is 2. The average Bonchev–Trinajstić information content (AvgIpc) is 2.65. The van der Waals surface area contributed by atoms with Crippen LogP contribution in [0.25, 0.3) is 0 Å². The van der Waals surface area contributed by atoms with Crippen LogP contribution in [0.4, 0.5) is 0 Å². The van der Waals surface area contributed by atoms with Gasteiger partial charge in [0.1, 0.15) is 0 Å². The highest BCUT2D eigenvalue weighted by Gasteiger charge is 2.08. The molecular formula is C20H23BrN2O3. The molecule has 0 aliphatic rings. The minimum Gasteiger partial charge on any atom is -0.377 e. The number of ether oxygens (including phenoxy) is 1. The van der Waals surface area contributed by atoms with Gasteiger partial charge in [-0.15, -0.1) is 0 Å². The number of halogens is 1. The normalized spacial score (nSPS) is 10.4. The fraction of sp³-hybridized carbons (Fsp3) is 0.300. The van der Waals surface area contributed by atoms with Crippen molar-refractivity contribution < 1.29 is 14.3 Å². The largest absolute Gasteiger partial charge is 0.377 e. The Morgan fingerprint density at radius 2 is 1.69 bits per heavy atom. The molecule has 0 aromatic heterocycles. The Hall–Kier alpha value is -2.18. The molecule has 26 heavy (non-hydrogen) atoms. The van der Waals surface area contributed by atoms with Gasteiger partial charge in [0.25, 0.3) is 5.91 Å². The summed E-state index contributed by atoms with van der Waals surface area (Å²) in [7, 11) is 0. The van der Waals surface area contributed by atoms with Gasteiger partial charge in [0, 0.05) is 36.2 Å². The molecule has 2 aromatic rings. The summed E-state index contributed by atoms with van der Waals surface area (Å²) < 4.78 is 6.36. The zero-order chi connectivity index (χ0) is 18.8. The van der Waals surface area contributed by atoms with Crippen LogP contribution >= 0.6 is 15.9 Å². The molecule has 138 valence electrons. The summed E-state index contributed by atoms with van der Waals surface area (Å²) in [6.07, 6.45) is 0.232. The lowest BCUT2D eigenvalue weighted by Crippen LogP contribution is -2.30. The van der Waals surface area contributed by atoms with Crippen molar-refractivity contribution in [2.75, 3.05) is 13.2 Å². The topological polar surface area (TPSA) is 67.4 Å². The number of carbonyl (C=O) groups is 2. The Labute approximate surface area is 162 Å². The Bertz CT molecular complexity index is 732. The summed E-state index contributed by atoms with van der Waals surface area (Å²) in [5, 5.41) is 5.64. The molecule has 0 radical (unpaired) electrons. The first-order valence-corrected chi connectivity index (χ1v) is 9.34. The van der Waals surface area contributed by atoms with Gasteiger partial charge in [-0.25, -0.2) is 0 Å². The second kappa shape index (κ2) is 10.7. The molecular weight excluding hydrogens is 396 g/mol. The van der Waals surface area contributed by atoms with E-state index in [-0.39, 0.29) is 18.2 Å². The van der Waals surface area contributed by atoms with Crippen molar-refractivity contribution in [3.63, 3.8) is 0 Å². The Morgan fingerprint density at radius 1 is 1.00 bits per heavy atom. The fourth-order valence-corrected chi connectivity index (χ4v) is 2.62. The second-order valence-electron chi connectivity index (χ2n) is 5.70. The van der Waals surface area contributed by atoms with Crippen molar-refractivity contribution >= 4 is 27.7 Å². The minimum atomic E-state index is -0.188. The third-order valence-electron chi connectivity index (χ3n) is 3.80. The zero-order valence-corrected chi connectivity index (χ0v) is 16.3. The molecule has 0 heterocycles. The molecule has 2 rings (SSSR count).